The average molecular weight is 570 g/mol. The summed E-state index contributed by atoms with van der Waals surface area (Å²) in [4.78, 5) is 7.05. The van der Waals surface area contributed by atoms with Crippen molar-refractivity contribution in [2.45, 2.75) is 52.0 Å². The van der Waals surface area contributed by atoms with Crippen LogP contribution in [0.5, 0.6) is 5.75 Å². The van der Waals surface area contributed by atoms with Crippen molar-refractivity contribution >= 4 is 29.9 Å². The van der Waals surface area contributed by atoms with E-state index in [1.54, 1.807) is 18.2 Å². The van der Waals surface area contributed by atoms with Crippen LogP contribution >= 0.6 is 24.0 Å². The second kappa shape index (κ2) is 14.4. The van der Waals surface area contributed by atoms with Gasteiger partial charge in [0.05, 0.1) is 19.2 Å². The van der Waals surface area contributed by atoms with E-state index < -0.39 is 0 Å². The fourth-order valence-electron chi connectivity index (χ4n) is 3.64. The summed E-state index contributed by atoms with van der Waals surface area (Å²) in [5, 5.41) is 16.1. The molecule has 182 valence electrons. The van der Waals surface area contributed by atoms with Crippen LogP contribution in [-0.4, -0.2) is 54.4 Å². The number of likely N-dealkylation sites (tertiary alicyclic amines) is 1. The van der Waals surface area contributed by atoms with Crippen LogP contribution in [0.3, 0.4) is 0 Å². The van der Waals surface area contributed by atoms with Crippen molar-refractivity contribution in [3.63, 3.8) is 0 Å². The van der Waals surface area contributed by atoms with Crippen LogP contribution in [0.15, 0.2) is 53.5 Å². The molecule has 3 N–H and O–H groups in total. The number of guanidine groups is 1. The van der Waals surface area contributed by atoms with Gasteiger partial charge in [0, 0.05) is 26.2 Å². The van der Waals surface area contributed by atoms with E-state index in [0.717, 1.165) is 44.6 Å². The molecule has 2 aromatic rings. The molecule has 2 aromatic carbocycles. The van der Waals surface area contributed by atoms with Crippen molar-refractivity contribution in [1.82, 2.24) is 15.5 Å². The molecule has 1 fully saturated rings. The Balaban J connectivity index is 0.00000385. The predicted molar refractivity (Wildman–Crippen MR) is 142 cm³/mol. The molecule has 1 saturated heterocycles. The molecule has 8 heteroatoms. The minimum absolute atomic E-state index is 0. The second-order valence-electron chi connectivity index (χ2n) is 8.26. The van der Waals surface area contributed by atoms with E-state index in [2.05, 4.69) is 44.8 Å². The molecule has 0 aromatic heterocycles. The van der Waals surface area contributed by atoms with Crippen LogP contribution in [0.25, 0.3) is 0 Å². The van der Waals surface area contributed by atoms with Crippen molar-refractivity contribution in [3.05, 3.63) is 65.5 Å². The third-order valence-electron chi connectivity index (χ3n) is 5.47. The van der Waals surface area contributed by atoms with Gasteiger partial charge in [0.25, 0.3) is 0 Å². The van der Waals surface area contributed by atoms with Crippen LogP contribution in [0.2, 0.25) is 0 Å². The third kappa shape index (κ3) is 9.46. The first-order chi connectivity index (χ1) is 15.5. The lowest BCUT2D eigenvalue weighted by molar-refractivity contribution is 0.0792. The maximum absolute atomic E-state index is 13.8. The van der Waals surface area contributed by atoms with Gasteiger partial charge in [-0.2, -0.15) is 0 Å². The molecule has 3 rings (SSSR count). The first-order valence-corrected chi connectivity index (χ1v) is 11.4. The maximum atomic E-state index is 13.8. The molecule has 33 heavy (non-hydrogen) atoms. The van der Waals surface area contributed by atoms with Gasteiger partial charge in [0.2, 0.25) is 0 Å². The Morgan fingerprint density at radius 3 is 2.45 bits per heavy atom. The third-order valence-corrected chi connectivity index (χ3v) is 5.47. The van der Waals surface area contributed by atoms with Crippen LogP contribution < -0.4 is 15.4 Å². The summed E-state index contributed by atoms with van der Waals surface area (Å²) < 4.78 is 19.4. The number of para-hydroxylation sites is 1. The normalized spacial score (nSPS) is 16.1. The SMILES string of the molecule is CCNC(=NCc1ccc(CN2CCC(O)CC2)cc1)NCC(C)Oc1ccccc1F.I. The standard InChI is InChI=1S/C25H35FN4O2.HI/c1-3-27-25(28-16-19(2)32-24-7-5-4-6-23(24)26)29-17-20-8-10-21(11-9-20)18-30-14-12-22(31)13-15-30;/h4-11,19,22,31H,3,12-18H2,1-2H3,(H2,27,28,29);1H. The Morgan fingerprint density at radius 1 is 1.12 bits per heavy atom. The zero-order valence-electron chi connectivity index (χ0n) is 19.5. The number of ether oxygens (including phenoxy) is 1. The van der Waals surface area contributed by atoms with E-state index in [-0.39, 0.29) is 47.8 Å². The second-order valence-corrected chi connectivity index (χ2v) is 8.26. The quantitative estimate of drug-likeness (QED) is 0.242. The van der Waals surface area contributed by atoms with Gasteiger partial charge < -0.3 is 20.5 Å². The van der Waals surface area contributed by atoms with E-state index in [4.69, 9.17) is 4.74 Å². The number of nitrogens with zero attached hydrogens (tertiary/aromatic N) is 2. The molecular weight excluding hydrogens is 534 g/mol. The van der Waals surface area contributed by atoms with Gasteiger partial charge in [-0.25, -0.2) is 9.38 Å². The molecule has 1 aliphatic heterocycles. The Labute approximate surface area is 213 Å². The lowest BCUT2D eigenvalue weighted by Gasteiger charge is -2.29. The molecule has 6 nitrogen and oxygen atoms in total. The zero-order valence-corrected chi connectivity index (χ0v) is 21.8. The molecule has 0 bridgehead atoms. The molecule has 0 amide bonds. The Kier molecular flexibility index (Phi) is 11.9. The van der Waals surface area contributed by atoms with Crippen molar-refractivity contribution in [2.75, 3.05) is 26.2 Å². The monoisotopic (exact) mass is 570 g/mol. The molecule has 0 saturated carbocycles. The molecule has 0 radical (unpaired) electrons. The van der Waals surface area contributed by atoms with Gasteiger partial charge in [-0.15, -0.1) is 24.0 Å². The van der Waals surface area contributed by atoms with Crippen molar-refractivity contribution < 1.29 is 14.2 Å². The number of halogens is 2. The highest BCUT2D eigenvalue weighted by atomic mass is 127. The van der Waals surface area contributed by atoms with E-state index in [0.29, 0.717) is 19.0 Å². The first kappa shape index (κ1) is 27.3. The largest absolute Gasteiger partial charge is 0.486 e. The summed E-state index contributed by atoms with van der Waals surface area (Å²) in [6.07, 6.45) is 1.36. The van der Waals surface area contributed by atoms with Crippen LogP contribution in [-0.2, 0) is 13.1 Å². The van der Waals surface area contributed by atoms with E-state index in [9.17, 15) is 9.50 Å². The highest BCUT2D eigenvalue weighted by Gasteiger charge is 2.16. The van der Waals surface area contributed by atoms with E-state index in [1.807, 2.05) is 13.8 Å². The summed E-state index contributed by atoms with van der Waals surface area (Å²) in [5.74, 6) is 0.596. The number of aliphatic hydroxyl groups excluding tert-OH is 1. The zero-order chi connectivity index (χ0) is 22.8. The number of hydrogen-bond acceptors (Lipinski definition) is 4. The van der Waals surface area contributed by atoms with Crippen LogP contribution in [0.4, 0.5) is 4.39 Å². The smallest absolute Gasteiger partial charge is 0.191 e. The van der Waals surface area contributed by atoms with Gasteiger partial charge >= 0.3 is 0 Å². The summed E-state index contributed by atoms with van der Waals surface area (Å²) in [6, 6.07) is 15.0. The number of benzene rings is 2. The van der Waals surface area contributed by atoms with Gasteiger partial charge in [0.15, 0.2) is 17.5 Å². The summed E-state index contributed by atoms with van der Waals surface area (Å²) in [6.45, 7) is 8.54. The van der Waals surface area contributed by atoms with Crippen molar-refractivity contribution in [3.8, 4) is 5.75 Å². The predicted octanol–water partition coefficient (Wildman–Crippen LogP) is 3.92. The Bertz CT molecular complexity index is 858. The lowest BCUT2D eigenvalue weighted by Crippen LogP contribution is -2.41. The number of aliphatic hydroxyl groups is 1. The fraction of sp³-hybridized carbons (Fsp3) is 0.480. The fourth-order valence-corrected chi connectivity index (χ4v) is 3.64. The van der Waals surface area contributed by atoms with Crippen LogP contribution in [0.1, 0.15) is 37.8 Å². The van der Waals surface area contributed by atoms with Crippen LogP contribution in [0, 0.1) is 5.82 Å². The van der Waals surface area contributed by atoms with Crippen molar-refractivity contribution in [2.24, 2.45) is 4.99 Å². The number of rotatable bonds is 9. The molecule has 0 spiro atoms. The summed E-state index contributed by atoms with van der Waals surface area (Å²) in [7, 11) is 0. The minimum Gasteiger partial charge on any atom is -0.486 e. The summed E-state index contributed by atoms with van der Waals surface area (Å²) >= 11 is 0. The Hall–Kier alpha value is -1.91. The number of nitrogens with one attached hydrogen (secondary N) is 2. The first-order valence-electron chi connectivity index (χ1n) is 11.4. The Morgan fingerprint density at radius 2 is 1.79 bits per heavy atom. The molecule has 1 aliphatic rings. The molecule has 1 atom stereocenters. The van der Waals surface area contributed by atoms with Gasteiger partial charge in [0.1, 0.15) is 6.10 Å². The molecular formula is C25H36FIN4O2. The van der Waals surface area contributed by atoms with Gasteiger partial charge in [-0.1, -0.05) is 36.4 Å². The minimum atomic E-state index is -0.360. The average Bonchev–Trinajstić information content (AvgIpc) is 2.80. The highest BCUT2D eigenvalue weighted by molar-refractivity contribution is 14.0. The van der Waals surface area contributed by atoms with Gasteiger partial charge in [-0.3, -0.25) is 4.90 Å². The number of hydrogen-bond donors (Lipinski definition) is 3. The number of aliphatic imine (C=N–C) groups is 1. The molecule has 1 unspecified atom stereocenters. The number of piperidine rings is 1. The topological polar surface area (TPSA) is 69.1 Å². The molecule has 0 aliphatic carbocycles. The highest BCUT2D eigenvalue weighted by Crippen LogP contribution is 2.17. The van der Waals surface area contributed by atoms with Crippen molar-refractivity contribution in [1.29, 1.82) is 0 Å². The summed E-state index contributed by atoms with van der Waals surface area (Å²) in [5.41, 5.74) is 2.41. The van der Waals surface area contributed by atoms with Gasteiger partial charge in [-0.05, 0) is 49.9 Å². The lowest BCUT2D eigenvalue weighted by atomic mass is 10.1. The molecule has 1 heterocycles. The van der Waals surface area contributed by atoms with E-state index in [1.165, 1.54) is 11.6 Å². The van der Waals surface area contributed by atoms with E-state index >= 15 is 0 Å². The maximum Gasteiger partial charge on any atom is 0.191 e.